The highest BCUT2D eigenvalue weighted by molar-refractivity contribution is 7.92. The van der Waals surface area contributed by atoms with Crippen molar-refractivity contribution >= 4 is 39.1 Å². The molecule has 3 aromatic rings. The van der Waals surface area contributed by atoms with Crippen LogP contribution in [0, 0.1) is 19.8 Å². The molecule has 1 atom stereocenters. The number of aryl methyl sites for hydroxylation is 2. The Labute approximate surface area is 243 Å². The smallest absolute Gasteiger partial charge is 0.264 e. The van der Waals surface area contributed by atoms with Crippen LogP contribution in [0.1, 0.15) is 43.9 Å². The minimum Gasteiger partial charge on any atom is -0.354 e. The quantitative estimate of drug-likeness (QED) is 0.295. The van der Waals surface area contributed by atoms with Gasteiger partial charge in [-0.05, 0) is 56.0 Å². The van der Waals surface area contributed by atoms with Crippen LogP contribution < -0.4 is 9.62 Å². The number of carbonyl (C=O) groups excluding carboxylic acids is 2. The van der Waals surface area contributed by atoms with Crippen LogP contribution in [-0.4, -0.2) is 44.3 Å². The number of carbonyl (C=O) groups is 2. The van der Waals surface area contributed by atoms with Gasteiger partial charge >= 0.3 is 0 Å². The molecule has 214 valence electrons. The van der Waals surface area contributed by atoms with Gasteiger partial charge in [-0.1, -0.05) is 92.0 Å². The zero-order chi connectivity index (χ0) is 29.4. The Balaban J connectivity index is 2.06. The van der Waals surface area contributed by atoms with Gasteiger partial charge in [-0.3, -0.25) is 13.9 Å². The van der Waals surface area contributed by atoms with Crippen molar-refractivity contribution in [2.75, 3.05) is 17.4 Å². The molecule has 0 aliphatic heterocycles. The number of nitrogens with one attached hydrogen (secondary N) is 1. The topological polar surface area (TPSA) is 86.8 Å². The summed E-state index contributed by atoms with van der Waals surface area (Å²) in [7, 11) is -4.17. The second-order valence-electron chi connectivity index (χ2n) is 10.3. The third-order valence-electron chi connectivity index (χ3n) is 6.51. The molecule has 0 heterocycles. The molecule has 3 rings (SSSR count). The molecule has 0 bridgehead atoms. The second kappa shape index (κ2) is 13.8. The summed E-state index contributed by atoms with van der Waals surface area (Å²) in [4.78, 5) is 28.9. The Morgan fingerprint density at radius 3 is 2.20 bits per heavy atom. The van der Waals surface area contributed by atoms with Gasteiger partial charge in [-0.25, -0.2) is 8.42 Å². The average molecular weight is 584 g/mol. The van der Waals surface area contributed by atoms with Crippen LogP contribution >= 0.6 is 11.6 Å². The molecule has 0 spiro atoms. The third kappa shape index (κ3) is 7.86. The minimum atomic E-state index is -4.17. The van der Waals surface area contributed by atoms with E-state index < -0.39 is 28.5 Å². The maximum absolute atomic E-state index is 14.1. The highest BCUT2D eigenvalue weighted by Gasteiger charge is 2.34. The standard InChI is InChI=1S/C31H38ClN3O4S/c1-6-28(31(37)33-19-22(2)3)34(20-25-11-9-10-24(5)18-25)30(36)21-35(29-13-8-7-12-27(29)32)40(38,39)26-16-14-23(4)15-17-26/h7-18,22,28H,6,19-21H2,1-5H3,(H,33,37). The van der Waals surface area contributed by atoms with Crippen molar-refractivity contribution < 1.29 is 18.0 Å². The fraction of sp³-hybridized carbons (Fsp3) is 0.355. The van der Waals surface area contributed by atoms with E-state index in [2.05, 4.69) is 5.32 Å². The molecule has 9 heteroatoms. The molecule has 0 saturated carbocycles. The maximum atomic E-state index is 14.1. The van der Waals surface area contributed by atoms with E-state index in [9.17, 15) is 18.0 Å². The Bertz CT molecular complexity index is 1420. The molecular formula is C31H38ClN3O4S. The fourth-order valence-electron chi connectivity index (χ4n) is 4.35. The van der Waals surface area contributed by atoms with Crippen molar-refractivity contribution in [3.05, 3.63) is 94.5 Å². The summed E-state index contributed by atoms with van der Waals surface area (Å²) in [6.07, 6.45) is 0.359. The first-order valence-electron chi connectivity index (χ1n) is 13.4. The van der Waals surface area contributed by atoms with Gasteiger partial charge in [0.2, 0.25) is 11.8 Å². The normalized spacial score (nSPS) is 12.2. The number of hydrogen-bond acceptors (Lipinski definition) is 4. The van der Waals surface area contributed by atoms with Crippen molar-refractivity contribution in [3.8, 4) is 0 Å². The number of para-hydroxylation sites is 1. The summed E-state index contributed by atoms with van der Waals surface area (Å²) in [5, 5.41) is 3.13. The van der Waals surface area contributed by atoms with Crippen molar-refractivity contribution in [1.29, 1.82) is 0 Å². The van der Waals surface area contributed by atoms with E-state index >= 15 is 0 Å². The number of nitrogens with zero attached hydrogens (tertiary/aromatic N) is 2. The van der Waals surface area contributed by atoms with Crippen LogP contribution in [0.15, 0.2) is 77.7 Å². The predicted molar refractivity (Wildman–Crippen MR) is 161 cm³/mol. The lowest BCUT2D eigenvalue weighted by Gasteiger charge is -2.33. The monoisotopic (exact) mass is 583 g/mol. The van der Waals surface area contributed by atoms with Crippen LogP contribution in [0.2, 0.25) is 5.02 Å². The molecule has 1 unspecified atom stereocenters. The molecule has 0 fully saturated rings. The van der Waals surface area contributed by atoms with Gasteiger partial charge in [-0.2, -0.15) is 0 Å². The molecule has 0 aromatic heterocycles. The van der Waals surface area contributed by atoms with E-state index in [1.807, 2.05) is 58.9 Å². The van der Waals surface area contributed by atoms with Gasteiger partial charge in [-0.15, -0.1) is 0 Å². The highest BCUT2D eigenvalue weighted by Crippen LogP contribution is 2.31. The Morgan fingerprint density at radius 2 is 1.60 bits per heavy atom. The van der Waals surface area contributed by atoms with Crippen molar-refractivity contribution in [2.45, 2.75) is 58.5 Å². The molecule has 0 radical (unpaired) electrons. The summed E-state index contributed by atoms with van der Waals surface area (Å²) >= 11 is 6.46. The van der Waals surface area contributed by atoms with E-state index in [4.69, 9.17) is 11.6 Å². The van der Waals surface area contributed by atoms with Crippen LogP contribution in [-0.2, 0) is 26.2 Å². The maximum Gasteiger partial charge on any atom is 0.264 e. The van der Waals surface area contributed by atoms with Crippen molar-refractivity contribution in [3.63, 3.8) is 0 Å². The lowest BCUT2D eigenvalue weighted by molar-refractivity contribution is -0.140. The van der Waals surface area contributed by atoms with E-state index in [1.165, 1.54) is 17.0 Å². The number of anilines is 1. The zero-order valence-electron chi connectivity index (χ0n) is 23.7. The van der Waals surface area contributed by atoms with Crippen LogP contribution in [0.3, 0.4) is 0 Å². The van der Waals surface area contributed by atoms with Gasteiger partial charge in [0.25, 0.3) is 10.0 Å². The summed E-state index contributed by atoms with van der Waals surface area (Å²) in [5.74, 6) is -0.552. The van der Waals surface area contributed by atoms with E-state index in [0.717, 1.165) is 21.0 Å². The summed E-state index contributed by atoms with van der Waals surface area (Å²) in [6, 6.07) is 19.8. The average Bonchev–Trinajstić information content (AvgIpc) is 2.91. The fourth-order valence-corrected chi connectivity index (χ4v) is 6.07. The second-order valence-corrected chi connectivity index (χ2v) is 12.6. The van der Waals surface area contributed by atoms with Gasteiger partial charge < -0.3 is 10.2 Å². The number of rotatable bonds is 12. The first-order chi connectivity index (χ1) is 18.9. The molecule has 0 aliphatic carbocycles. The lowest BCUT2D eigenvalue weighted by atomic mass is 10.1. The minimum absolute atomic E-state index is 0.0396. The number of sulfonamides is 1. The predicted octanol–water partition coefficient (Wildman–Crippen LogP) is 5.73. The van der Waals surface area contributed by atoms with Crippen LogP contribution in [0.5, 0.6) is 0 Å². The molecule has 3 aromatic carbocycles. The van der Waals surface area contributed by atoms with Crippen LogP contribution in [0.25, 0.3) is 0 Å². The van der Waals surface area contributed by atoms with Gasteiger partial charge in [0.1, 0.15) is 12.6 Å². The molecule has 7 nitrogen and oxygen atoms in total. The lowest BCUT2D eigenvalue weighted by Crippen LogP contribution is -2.52. The molecule has 40 heavy (non-hydrogen) atoms. The van der Waals surface area contributed by atoms with Gasteiger partial charge in [0, 0.05) is 13.1 Å². The first-order valence-corrected chi connectivity index (χ1v) is 15.2. The van der Waals surface area contributed by atoms with Gasteiger partial charge in [0.05, 0.1) is 15.6 Å². The van der Waals surface area contributed by atoms with Crippen LogP contribution in [0.4, 0.5) is 5.69 Å². The molecule has 1 N–H and O–H groups in total. The molecule has 0 aliphatic rings. The number of benzene rings is 3. The summed E-state index contributed by atoms with van der Waals surface area (Å²) < 4.78 is 28.9. The van der Waals surface area contributed by atoms with Crippen molar-refractivity contribution in [1.82, 2.24) is 10.2 Å². The van der Waals surface area contributed by atoms with Crippen molar-refractivity contribution in [2.24, 2.45) is 5.92 Å². The number of amides is 2. The molecule has 2 amide bonds. The third-order valence-corrected chi connectivity index (χ3v) is 8.61. The Kier molecular flexibility index (Phi) is 10.8. The highest BCUT2D eigenvalue weighted by atomic mass is 35.5. The molecule has 0 saturated heterocycles. The molecular weight excluding hydrogens is 546 g/mol. The summed E-state index contributed by atoms with van der Waals surface area (Å²) in [5.41, 5.74) is 2.95. The number of hydrogen-bond donors (Lipinski definition) is 1. The van der Waals surface area contributed by atoms with E-state index in [-0.39, 0.29) is 34.0 Å². The summed E-state index contributed by atoms with van der Waals surface area (Å²) in [6.45, 7) is 9.73. The Morgan fingerprint density at radius 1 is 0.925 bits per heavy atom. The zero-order valence-corrected chi connectivity index (χ0v) is 25.3. The Hall–Kier alpha value is -3.36. The number of halogens is 1. The largest absolute Gasteiger partial charge is 0.354 e. The van der Waals surface area contributed by atoms with E-state index in [1.54, 1.807) is 36.4 Å². The van der Waals surface area contributed by atoms with E-state index in [0.29, 0.717) is 13.0 Å². The first kappa shape index (κ1) is 31.2. The van der Waals surface area contributed by atoms with Gasteiger partial charge in [0.15, 0.2) is 0 Å². The SMILES string of the molecule is CCC(C(=O)NCC(C)C)N(Cc1cccc(C)c1)C(=O)CN(c1ccccc1Cl)S(=O)(=O)c1ccc(C)cc1.